The van der Waals surface area contributed by atoms with Crippen LogP contribution in [0, 0.1) is 6.92 Å². The first-order valence-corrected chi connectivity index (χ1v) is 6.51. The molecule has 1 heterocycles. The van der Waals surface area contributed by atoms with E-state index in [9.17, 15) is 0 Å². The van der Waals surface area contributed by atoms with Gasteiger partial charge in [0.15, 0.2) is 11.5 Å². The van der Waals surface area contributed by atoms with E-state index >= 15 is 0 Å². The summed E-state index contributed by atoms with van der Waals surface area (Å²) in [5.74, 6) is 0.738. The van der Waals surface area contributed by atoms with E-state index in [0.717, 1.165) is 17.0 Å². The van der Waals surface area contributed by atoms with Crippen LogP contribution in [0.25, 0.3) is 11.1 Å². The van der Waals surface area contributed by atoms with Gasteiger partial charge in [-0.3, -0.25) is 0 Å². The second-order valence-electron chi connectivity index (χ2n) is 7.10. The molecule has 2 heteroatoms. The molecule has 18 heavy (non-hydrogen) atoms. The van der Waals surface area contributed by atoms with Crippen LogP contribution in [0.15, 0.2) is 16.5 Å². The van der Waals surface area contributed by atoms with Crippen LogP contribution in [0.2, 0.25) is 0 Å². The minimum atomic E-state index is 0.0610. The summed E-state index contributed by atoms with van der Waals surface area (Å²) in [6, 6.07) is 4.42. The standard InChI is InChI=1S/C16H23NO/c1-10-17-13-9-11(15(2,3)4)8-12(14(13)18-10)16(5,6)7/h8-9H,1-7H3. The Hall–Kier alpha value is -1.31. The molecule has 2 nitrogen and oxygen atoms in total. The predicted molar refractivity (Wildman–Crippen MR) is 76.1 cm³/mol. The second kappa shape index (κ2) is 3.84. The lowest BCUT2D eigenvalue weighted by molar-refractivity contribution is 0.529. The summed E-state index contributed by atoms with van der Waals surface area (Å²) >= 11 is 0. The zero-order valence-corrected chi connectivity index (χ0v) is 12.5. The van der Waals surface area contributed by atoms with E-state index in [1.165, 1.54) is 11.1 Å². The highest BCUT2D eigenvalue weighted by molar-refractivity contribution is 5.79. The van der Waals surface area contributed by atoms with Crippen molar-refractivity contribution in [3.8, 4) is 0 Å². The average Bonchev–Trinajstić information content (AvgIpc) is 2.52. The van der Waals surface area contributed by atoms with E-state index in [4.69, 9.17) is 4.42 Å². The molecule has 2 rings (SSSR count). The molecule has 98 valence electrons. The molecule has 1 aromatic heterocycles. The van der Waals surface area contributed by atoms with Gasteiger partial charge in [-0.2, -0.15) is 0 Å². The molecule has 0 bridgehead atoms. The number of aromatic nitrogens is 1. The molecular formula is C16H23NO. The van der Waals surface area contributed by atoms with E-state index in [-0.39, 0.29) is 10.8 Å². The topological polar surface area (TPSA) is 26.0 Å². The number of nitrogens with zero attached hydrogens (tertiary/aromatic N) is 1. The molecule has 0 saturated heterocycles. The van der Waals surface area contributed by atoms with Crippen molar-refractivity contribution in [3.63, 3.8) is 0 Å². The molecule has 1 aromatic carbocycles. The maximum atomic E-state index is 5.78. The minimum absolute atomic E-state index is 0.0610. The number of oxazole rings is 1. The van der Waals surface area contributed by atoms with E-state index in [0.29, 0.717) is 0 Å². The maximum absolute atomic E-state index is 5.78. The van der Waals surface area contributed by atoms with E-state index < -0.39 is 0 Å². The fourth-order valence-electron chi connectivity index (χ4n) is 2.13. The predicted octanol–water partition coefficient (Wildman–Crippen LogP) is 4.73. The van der Waals surface area contributed by atoms with Gasteiger partial charge >= 0.3 is 0 Å². The van der Waals surface area contributed by atoms with Gasteiger partial charge in [0.2, 0.25) is 0 Å². The summed E-state index contributed by atoms with van der Waals surface area (Å²) in [4.78, 5) is 4.49. The minimum Gasteiger partial charge on any atom is -0.441 e. The van der Waals surface area contributed by atoms with Gasteiger partial charge in [-0.05, 0) is 22.5 Å². The van der Waals surface area contributed by atoms with Gasteiger partial charge in [0.25, 0.3) is 0 Å². The summed E-state index contributed by atoms with van der Waals surface area (Å²) in [6.07, 6.45) is 0. The quantitative estimate of drug-likeness (QED) is 0.670. The highest BCUT2D eigenvalue weighted by Gasteiger charge is 2.24. The molecule has 0 unspecified atom stereocenters. The van der Waals surface area contributed by atoms with Crippen molar-refractivity contribution in [1.82, 2.24) is 4.98 Å². The Morgan fingerprint density at radius 2 is 1.56 bits per heavy atom. The fourth-order valence-corrected chi connectivity index (χ4v) is 2.13. The lowest BCUT2D eigenvalue weighted by Gasteiger charge is -2.24. The smallest absolute Gasteiger partial charge is 0.192 e. The van der Waals surface area contributed by atoms with E-state index in [1.54, 1.807) is 0 Å². The highest BCUT2D eigenvalue weighted by Crippen LogP contribution is 2.35. The highest BCUT2D eigenvalue weighted by atomic mass is 16.3. The van der Waals surface area contributed by atoms with Crippen molar-refractivity contribution in [2.45, 2.75) is 59.3 Å². The molecule has 0 radical (unpaired) electrons. The van der Waals surface area contributed by atoms with Gasteiger partial charge in [-0.25, -0.2) is 4.98 Å². The monoisotopic (exact) mass is 245 g/mol. The van der Waals surface area contributed by atoms with Crippen molar-refractivity contribution in [2.75, 3.05) is 0 Å². The summed E-state index contributed by atoms with van der Waals surface area (Å²) in [6.45, 7) is 15.2. The zero-order chi connectivity index (χ0) is 13.7. The van der Waals surface area contributed by atoms with Crippen LogP contribution in [0.3, 0.4) is 0 Å². The molecule has 2 aromatic rings. The zero-order valence-electron chi connectivity index (χ0n) is 12.5. The maximum Gasteiger partial charge on any atom is 0.192 e. The van der Waals surface area contributed by atoms with Crippen molar-refractivity contribution in [1.29, 1.82) is 0 Å². The summed E-state index contributed by atoms with van der Waals surface area (Å²) in [5.41, 5.74) is 4.66. The number of hydrogen-bond donors (Lipinski definition) is 0. The first kappa shape index (κ1) is 13.1. The van der Waals surface area contributed by atoms with Crippen LogP contribution in [0.5, 0.6) is 0 Å². The van der Waals surface area contributed by atoms with Crippen LogP contribution >= 0.6 is 0 Å². The van der Waals surface area contributed by atoms with Gasteiger partial charge in [0.1, 0.15) is 5.52 Å². The molecule has 0 spiro atoms. The average molecular weight is 245 g/mol. The summed E-state index contributed by atoms with van der Waals surface area (Å²) in [7, 11) is 0. The molecule has 0 atom stereocenters. The van der Waals surface area contributed by atoms with Crippen molar-refractivity contribution < 1.29 is 4.42 Å². The molecule has 0 aliphatic rings. The van der Waals surface area contributed by atoms with Crippen molar-refractivity contribution >= 4 is 11.1 Å². The first-order chi connectivity index (χ1) is 8.09. The van der Waals surface area contributed by atoms with Crippen LogP contribution in [0.4, 0.5) is 0 Å². The lowest BCUT2D eigenvalue weighted by Crippen LogP contribution is -2.16. The third kappa shape index (κ3) is 2.29. The molecule has 0 amide bonds. The Labute approximate surface area is 109 Å². The Morgan fingerprint density at radius 3 is 2.06 bits per heavy atom. The van der Waals surface area contributed by atoms with Crippen LogP contribution in [-0.4, -0.2) is 4.98 Å². The number of benzene rings is 1. The van der Waals surface area contributed by atoms with Gasteiger partial charge in [-0.15, -0.1) is 0 Å². The van der Waals surface area contributed by atoms with Gasteiger partial charge < -0.3 is 4.42 Å². The summed E-state index contributed by atoms with van der Waals surface area (Å²) < 4.78 is 5.78. The SMILES string of the molecule is Cc1nc2cc(C(C)(C)C)cc(C(C)(C)C)c2o1. The Bertz CT molecular complexity index is 579. The number of rotatable bonds is 0. The van der Waals surface area contributed by atoms with Gasteiger partial charge in [0, 0.05) is 12.5 Å². The van der Waals surface area contributed by atoms with Crippen LogP contribution in [0.1, 0.15) is 58.6 Å². The Morgan fingerprint density at radius 1 is 0.944 bits per heavy atom. The molecular weight excluding hydrogens is 222 g/mol. The van der Waals surface area contributed by atoms with Crippen molar-refractivity contribution in [2.24, 2.45) is 0 Å². The summed E-state index contributed by atoms with van der Waals surface area (Å²) in [5, 5.41) is 0. The lowest BCUT2D eigenvalue weighted by atomic mass is 9.80. The second-order valence-corrected chi connectivity index (χ2v) is 7.10. The Balaban J connectivity index is 2.81. The normalized spacial score (nSPS) is 13.3. The van der Waals surface area contributed by atoms with Gasteiger partial charge in [0.05, 0.1) is 0 Å². The van der Waals surface area contributed by atoms with E-state index in [2.05, 4.69) is 58.7 Å². The number of fused-ring (bicyclic) bond motifs is 1. The third-order valence-electron chi connectivity index (χ3n) is 3.27. The van der Waals surface area contributed by atoms with Crippen LogP contribution < -0.4 is 0 Å². The van der Waals surface area contributed by atoms with E-state index in [1.807, 2.05) is 6.92 Å². The first-order valence-electron chi connectivity index (χ1n) is 6.51. The molecule has 0 aliphatic heterocycles. The van der Waals surface area contributed by atoms with Crippen molar-refractivity contribution in [3.05, 3.63) is 29.2 Å². The fraction of sp³-hybridized carbons (Fsp3) is 0.562. The molecule has 0 aliphatic carbocycles. The van der Waals surface area contributed by atoms with Gasteiger partial charge in [-0.1, -0.05) is 47.6 Å². The molecule has 0 saturated carbocycles. The number of hydrogen-bond acceptors (Lipinski definition) is 2. The molecule has 0 fully saturated rings. The molecule has 0 N–H and O–H groups in total. The third-order valence-corrected chi connectivity index (χ3v) is 3.27. The van der Waals surface area contributed by atoms with Crippen LogP contribution in [-0.2, 0) is 10.8 Å². The largest absolute Gasteiger partial charge is 0.441 e. The Kier molecular flexibility index (Phi) is 2.80. The number of aryl methyl sites for hydroxylation is 1.